The van der Waals surface area contributed by atoms with E-state index in [0.717, 1.165) is 23.5 Å². The maximum absolute atomic E-state index is 13.0. The van der Waals surface area contributed by atoms with Crippen molar-refractivity contribution in [1.82, 2.24) is 0 Å². The van der Waals surface area contributed by atoms with Crippen molar-refractivity contribution >= 4 is 17.7 Å². The predicted octanol–water partition coefficient (Wildman–Crippen LogP) is 3.17. The standard InChI is InChI=1S/C11H13FO2S/c1-2-5-15-7-8-3-4-10(12)9(6-8)11(13)14/h3-4,6H,2,5,7H2,1H3,(H,13,14). The van der Waals surface area contributed by atoms with Crippen LogP contribution in [0.5, 0.6) is 0 Å². The molecule has 82 valence electrons. The van der Waals surface area contributed by atoms with Crippen molar-refractivity contribution in [3.8, 4) is 0 Å². The van der Waals surface area contributed by atoms with Crippen molar-refractivity contribution in [1.29, 1.82) is 0 Å². The van der Waals surface area contributed by atoms with Crippen molar-refractivity contribution in [2.45, 2.75) is 19.1 Å². The summed E-state index contributed by atoms with van der Waals surface area (Å²) >= 11 is 1.72. The van der Waals surface area contributed by atoms with E-state index in [9.17, 15) is 9.18 Å². The Labute approximate surface area is 92.5 Å². The number of hydrogen-bond acceptors (Lipinski definition) is 2. The minimum Gasteiger partial charge on any atom is -0.478 e. The monoisotopic (exact) mass is 228 g/mol. The molecule has 15 heavy (non-hydrogen) atoms. The molecule has 0 aliphatic carbocycles. The van der Waals surface area contributed by atoms with Crippen molar-refractivity contribution < 1.29 is 14.3 Å². The Kier molecular flexibility index (Phi) is 4.62. The summed E-state index contributed by atoms with van der Waals surface area (Å²) in [7, 11) is 0. The molecule has 0 saturated heterocycles. The Hall–Kier alpha value is -1.03. The third-order valence-corrected chi connectivity index (χ3v) is 3.11. The predicted molar refractivity (Wildman–Crippen MR) is 59.8 cm³/mol. The molecular formula is C11H13FO2S. The number of carbonyl (C=O) groups is 1. The molecule has 1 rings (SSSR count). The van der Waals surface area contributed by atoms with E-state index < -0.39 is 11.8 Å². The van der Waals surface area contributed by atoms with Crippen molar-refractivity contribution in [3.63, 3.8) is 0 Å². The van der Waals surface area contributed by atoms with Gasteiger partial charge in [-0.05, 0) is 29.9 Å². The first-order chi connectivity index (χ1) is 7.15. The molecule has 0 unspecified atom stereocenters. The zero-order chi connectivity index (χ0) is 11.3. The molecule has 0 saturated carbocycles. The van der Waals surface area contributed by atoms with Crippen LogP contribution >= 0.6 is 11.8 Å². The highest BCUT2D eigenvalue weighted by Crippen LogP contribution is 2.16. The number of benzene rings is 1. The highest BCUT2D eigenvalue weighted by Gasteiger charge is 2.10. The average molecular weight is 228 g/mol. The molecule has 4 heteroatoms. The lowest BCUT2D eigenvalue weighted by atomic mass is 10.1. The van der Waals surface area contributed by atoms with Crippen LogP contribution in [-0.4, -0.2) is 16.8 Å². The molecule has 0 fully saturated rings. The van der Waals surface area contributed by atoms with Crippen molar-refractivity contribution in [2.75, 3.05) is 5.75 Å². The summed E-state index contributed by atoms with van der Waals surface area (Å²) in [4.78, 5) is 10.7. The number of halogens is 1. The summed E-state index contributed by atoms with van der Waals surface area (Å²) < 4.78 is 13.0. The van der Waals surface area contributed by atoms with Gasteiger partial charge < -0.3 is 5.11 Å². The van der Waals surface area contributed by atoms with Gasteiger partial charge in [-0.25, -0.2) is 9.18 Å². The highest BCUT2D eigenvalue weighted by atomic mass is 32.2. The molecule has 0 amide bonds. The van der Waals surface area contributed by atoms with Gasteiger partial charge in [0.15, 0.2) is 0 Å². The maximum Gasteiger partial charge on any atom is 0.338 e. The lowest BCUT2D eigenvalue weighted by Gasteiger charge is -2.03. The molecule has 0 bridgehead atoms. The summed E-state index contributed by atoms with van der Waals surface area (Å²) in [6.07, 6.45) is 1.08. The van der Waals surface area contributed by atoms with Crippen LogP contribution in [0.1, 0.15) is 29.3 Å². The normalized spacial score (nSPS) is 10.3. The van der Waals surface area contributed by atoms with Crippen LogP contribution in [-0.2, 0) is 5.75 Å². The molecule has 0 aliphatic rings. The maximum atomic E-state index is 13.0. The lowest BCUT2D eigenvalue weighted by molar-refractivity contribution is 0.0692. The van der Waals surface area contributed by atoms with Gasteiger partial charge in [0.25, 0.3) is 0 Å². The summed E-state index contributed by atoms with van der Waals surface area (Å²) in [5, 5.41) is 8.71. The Balaban J connectivity index is 2.74. The van der Waals surface area contributed by atoms with Gasteiger partial charge in [-0.15, -0.1) is 0 Å². The SMILES string of the molecule is CCCSCc1ccc(F)c(C(=O)O)c1. The van der Waals surface area contributed by atoms with Gasteiger partial charge in [-0.1, -0.05) is 13.0 Å². The topological polar surface area (TPSA) is 37.3 Å². The quantitative estimate of drug-likeness (QED) is 0.786. The van der Waals surface area contributed by atoms with Crippen LogP contribution in [0.15, 0.2) is 18.2 Å². The van der Waals surface area contributed by atoms with E-state index in [4.69, 9.17) is 5.11 Å². The molecule has 1 N–H and O–H groups in total. The number of carboxylic acids is 1. The fraction of sp³-hybridized carbons (Fsp3) is 0.364. The molecule has 0 atom stereocenters. The zero-order valence-corrected chi connectivity index (χ0v) is 9.31. The van der Waals surface area contributed by atoms with E-state index >= 15 is 0 Å². The number of carboxylic acid groups (broad SMARTS) is 1. The van der Waals surface area contributed by atoms with E-state index in [1.165, 1.54) is 12.1 Å². The first-order valence-corrected chi connectivity index (χ1v) is 5.90. The molecule has 0 heterocycles. The molecule has 2 nitrogen and oxygen atoms in total. The highest BCUT2D eigenvalue weighted by molar-refractivity contribution is 7.98. The second-order valence-electron chi connectivity index (χ2n) is 3.17. The molecule has 0 aliphatic heterocycles. The fourth-order valence-electron chi connectivity index (χ4n) is 1.16. The molecule has 1 aromatic rings. The van der Waals surface area contributed by atoms with E-state index in [1.807, 2.05) is 0 Å². The van der Waals surface area contributed by atoms with Crippen LogP contribution in [0.25, 0.3) is 0 Å². The van der Waals surface area contributed by atoms with Crippen LogP contribution in [0.3, 0.4) is 0 Å². The Morgan fingerprint density at radius 1 is 1.53 bits per heavy atom. The van der Waals surface area contributed by atoms with Crippen molar-refractivity contribution in [2.24, 2.45) is 0 Å². The first-order valence-electron chi connectivity index (χ1n) is 4.74. The average Bonchev–Trinajstić information content (AvgIpc) is 2.20. The summed E-state index contributed by atoms with van der Waals surface area (Å²) in [6.45, 7) is 2.08. The number of hydrogen-bond donors (Lipinski definition) is 1. The van der Waals surface area contributed by atoms with Gasteiger partial charge in [0.2, 0.25) is 0 Å². The Morgan fingerprint density at radius 3 is 2.87 bits per heavy atom. The van der Waals surface area contributed by atoms with Gasteiger partial charge >= 0.3 is 5.97 Å². The summed E-state index contributed by atoms with van der Waals surface area (Å²) in [5.74, 6) is -0.129. The second kappa shape index (κ2) is 5.75. The van der Waals surface area contributed by atoms with Crippen LogP contribution in [0.4, 0.5) is 4.39 Å². The van der Waals surface area contributed by atoms with E-state index in [0.29, 0.717) is 0 Å². The van der Waals surface area contributed by atoms with E-state index in [2.05, 4.69) is 6.92 Å². The Morgan fingerprint density at radius 2 is 2.27 bits per heavy atom. The molecule has 0 spiro atoms. The minimum absolute atomic E-state index is 0.246. The molecular weight excluding hydrogens is 215 g/mol. The van der Waals surface area contributed by atoms with E-state index in [1.54, 1.807) is 17.8 Å². The first kappa shape index (κ1) is 12.0. The molecule has 0 aromatic heterocycles. The second-order valence-corrected chi connectivity index (χ2v) is 4.28. The van der Waals surface area contributed by atoms with Crippen LogP contribution < -0.4 is 0 Å². The Bertz CT molecular complexity index is 352. The largest absolute Gasteiger partial charge is 0.478 e. The zero-order valence-electron chi connectivity index (χ0n) is 8.50. The van der Waals surface area contributed by atoms with Gasteiger partial charge in [0.1, 0.15) is 5.82 Å². The number of rotatable bonds is 5. The van der Waals surface area contributed by atoms with Gasteiger partial charge in [0, 0.05) is 5.75 Å². The number of thioether (sulfide) groups is 1. The smallest absolute Gasteiger partial charge is 0.338 e. The third kappa shape index (κ3) is 3.55. The summed E-state index contributed by atoms with van der Waals surface area (Å²) in [6, 6.07) is 4.25. The van der Waals surface area contributed by atoms with Crippen molar-refractivity contribution in [3.05, 3.63) is 35.1 Å². The fourth-order valence-corrected chi connectivity index (χ4v) is 2.01. The number of aromatic carboxylic acids is 1. The van der Waals surface area contributed by atoms with Gasteiger partial charge in [-0.2, -0.15) is 11.8 Å². The lowest BCUT2D eigenvalue weighted by Crippen LogP contribution is -2.01. The molecule has 1 aromatic carbocycles. The minimum atomic E-state index is -1.21. The van der Waals surface area contributed by atoms with Gasteiger partial charge in [-0.3, -0.25) is 0 Å². The molecule has 0 radical (unpaired) electrons. The van der Waals surface area contributed by atoms with Gasteiger partial charge in [0.05, 0.1) is 5.56 Å². The van der Waals surface area contributed by atoms with Crippen LogP contribution in [0, 0.1) is 5.82 Å². The van der Waals surface area contributed by atoms with Crippen LogP contribution in [0.2, 0.25) is 0 Å². The summed E-state index contributed by atoms with van der Waals surface area (Å²) in [5.41, 5.74) is 0.608. The third-order valence-electron chi connectivity index (χ3n) is 1.88. The van der Waals surface area contributed by atoms with E-state index in [-0.39, 0.29) is 5.56 Å².